The summed E-state index contributed by atoms with van der Waals surface area (Å²) >= 11 is 0. The number of aryl methyl sites for hydroxylation is 1. The number of carbonyl (C=O) groups is 1. The Morgan fingerprint density at radius 1 is 1.22 bits per heavy atom. The first-order valence-corrected chi connectivity index (χ1v) is 9.72. The van der Waals surface area contributed by atoms with E-state index in [9.17, 15) is 9.90 Å². The lowest BCUT2D eigenvalue weighted by Gasteiger charge is -2.11. The van der Waals surface area contributed by atoms with E-state index in [0.717, 1.165) is 0 Å². The molecule has 32 heavy (non-hydrogen) atoms. The first-order valence-electron chi connectivity index (χ1n) is 9.72. The summed E-state index contributed by atoms with van der Waals surface area (Å²) < 4.78 is 10.8. The number of para-hydroxylation sites is 1. The first kappa shape index (κ1) is 21.0. The van der Waals surface area contributed by atoms with Crippen molar-refractivity contribution in [2.24, 2.45) is 5.73 Å². The SMILES string of the molecule is COc1cccc2c(C(N)=O)nc(-c3cccc(C#C[C@](C)(O)c4ncc(C)o4)c3)nc12. The maximum Gasteiger partial charge on any atom is 0.268 e. The third-order valence-corrected chi connectivity index (χ3v) is 4.75. The van der Waals surface area contributed by atoms with E-state index in [1.807, 2.05) is 0 Å². The molecule has 0 radical (unpaired) electrons. The number of nitrogens with zero attached hydrogens (tertiary/aromatic N) is 3. The normalized spacial score (nSPS) is 12.6. The predicted octanol–water partition coefficient (Wildman–Crippen LogP) is 2.96. The van der Waals surface area contributed by atoms with Crippen LogP contribution in [0.3, 0.4) is 0 Å². The number of rotatable bonds is 4. The van der Waals surface area contributed by atoms with Gasteiger partial charge in [-0.15, -0.1) is 0 Å². The second-order valence-electron chi connectivity index (χ2n) is 7.30. The number of amides is 1. The lowest BCUT2D eigenvalue weighted by molar-refractivity contribution is 0.0882. The van der Waals surface area contributed by atoms with Crippen LogP contribution in [0.5, 0.6) is 5.75 Å². The van der Waals surface area contributed by atoms with Crippen molar-refractivity contribution in [2.75, 3.05) is 7.11 Å². The Labute approximate surface area is 184 Å². The maximum atomic E-state index is 12.0. The molecule has 8 nitrogen and oxygen atoms in total. The third kappa shape index (κ3) is 4.02. The molecule has 2 heterocycles. The van der Waals surface area contributed by atoms with Crippen LogP contribution in [-0.4, -0.2) is 33.1 Å². The number of oxazole rings is 1. The van der Waals surface area contributed by atoms with Crippen LogP contribution in [0.2, 0.25) is 0 Å². The highest BCUT2D eigenvalue weighted by atomic mass is 16.5. The molecule has 0 aliphatic rings. The molecule has 0 spiro atoms. The summed E-state index contributed by atoms with van der Waals surface area (Å²) in [5.74, 6) is 6.54. The Kier molecular flexibility index (Phi) is 5.34. The van der Waals surface area contributed by atoms with Crippen LogP contribution < -0.4 is 10.5 Å². The van der Waals surface area contributed by atoms with Crippen molar-refractivity contribution in [3.8, 4) is 29.0 Å². The molecule has 4 aromatic rings. The second kappa shape index (κ2) is 8.13. The molecular weight excluding hydrogens is 408 g/mol. The Morgan fingerprint density at radius 3 is 2.69 bits per heavy atom. The minimum atomic E-state index is -1.56. The summed E-state index contributed by atoms with van der Waals surface area (Å²) in [5, 5.41) is 11.1. The molecule has 0 saturated heterocycles. The van der Waals surface area contributed by atoms with Gasteiger partial charge in [0.15, 0.2) is 11.4 Å². The number of fused-ring (bicyclic) bond motifs is 1. The quantitative estimate of drug-likeness (QED) is 0.479. The van der Waals surface area contributed by atoms with Crippen molar-refractivity contribution >= 4 is 16.8 Å². The topological polar surface area (TPSA) is 124 Å². The predicted molar refractivity (Wildman–Crippen MR) is 118 cm³/mol. The lowest BCUT2D eigenvalue weighted by Crippen LogP contribution is -2.18. The monoisotopic (exact) mass is 428 g/mol. The highest BCUT2D eigenvalue weighted by Gasteiger charge is 2.26. The third-order valence-electron chi connectivity index (χ3n) is 4.75. The van der Waals surface area contributed by atoms with Gasteiger partial charge in [0.05, 0.1) is 13.3 Å². The van der Waals surface area contributed by atoms with Crippen molar-refractivity contribution in [3.05, 3.63) is 71.6 Å². The molecule has 0 aliphatic carbocycles. The van der Waals surface area contributed by atoms with Gasteiger partial charge in [-0.3, -0.25) is 4.79 Å². The molecule has 0 bridgehead atoms. The Hall–Kier alpha value is -4.22. The van der Waals surface area contributed by atoms with E-state index in [4.69, 9.17) is 14.9 Å². The number of methoxy groups -OCH3 is 1. The zero-order valence-corrected chi connectivity index (χ0v) is 17.7. The molecule has 8 heteroatoms. The van der Waals surface area contributed by atoms with Gasteiger partial charge in [-0.2, -0.15) is 0 Å². The highest BCUT2D eigenvalue weighted by Crippen LogP contribution is 2.28. The lowest BCUT2D eigenvalue weighted by atomic mass is 10.1. The molecule has 4 rings (SSSR count). The first-order chi connectivity index (χ1) is 15.3. The van der Waals surface area contributed by atoms with E-state index < -0.39 is 11.5 Å². The Bertz CT molecular complexity index is 1400. The minimum Gasteiger partial charge on any atom is -0.494 e. The Morgan fingerprint density at radius 2 is 2.00 bits per heavy atom. The molecule has 160 valence electrons. The van der Waals surface area contributed by atoms with Gasteiger partial charge in [-0.1, -0.05) is 36.1 Å². The van der Waals surface area contributed by atoms with Gasteiger partial charge >= 0.3 is 0 Å². The molecule has 1 amide bonds. The van der Waals surface area contributed by atoms with Gasteiger partial charge in [0, 0.05) is 16.5 Å². The maximum absolute atomic E-state index is 12.0. The largest absolute Gasteiger partial charge is 0.494 e. The van der Waals surface area contributed by atoms with Gasteiger partial charge < -0.3 is 20.0 Å². The summed E-state index contributed by atoms with van der Waals surface area (Å²) in [6.07, 6.45) is 1.52. The molecule has 2 aromatic carbocycles. The van der Waals surface area contributed by atoms with E-state index in [2.05, 4.69) is 26.8 Å². The number of ether oxygens (including phenoxy) is 1. The van der Waals surface area contributed by atoms with Crippen molar-refractivity contribution in [1.29, 1.82) is 0 Å². The minimum absolute atomic E-state index is 0.0996. The van der Waals surface area contributed by atoms with Crippen LogP contribution in [-0.2, 0) is 5.60 Å². The van der Waals surface area contributed by atoms with Crippen molar-refractivity contribution < 1.29 is 19.1 Å². The van der Waals surface area contributed by atoms with Crippen LogP contribution in [0, 0.1) is 18.8 Å². The van der Waals surface area contributed by atoms with Gasteiger partial charge in [0.1, 0.15) is 22.7 Å². The van der Waals surface area contributed by atoms with Crippen LogP contribution in [0.1, 0.15) is 34.6 Å². The number of aliphatic hydroxyl groups is 1. The number of benzene rings is 2. The molecule has 0 fully saturated rings. The second-order valence-corrected chi connectivity index (χ2v) is 7.30. The molecule has 0 saturated carbocycles. The molecular formula is C24H20N4O4. The number of aromatic nitrogens is 3. The molecule has 2 aromatic heterocycles. The van der Waals surface area contributed by atoms with Crippen molar-refractivity contribution in [3.63, 3.8) is 0 Å². The zero-order chi connectivity index (χ0) is 22.9. The molecule has 0 aliphatic heterocycles. The van der Waals surface area contributed by atoms with E-state index in [1.165, 1.54) is 20.2 Å². The fraction of sp³-hybridized carbons (Fsp3) is 0.167. The summed E-state index contributed by atoms with van der Waals surface area (Å²) in [6.45, 7) is 3.25. The number of primary amides is 1. The fourth-order valence-corrected chi connectivity index (χ4v) is 3.17. The van der Waals surface area contributed by atoms with Crippen LogP contribution >= 0.6 is 0 Å². The molecule has 0 unspecified atom stereocenters. The van der Waals surface area contributed by atoms with Gasteiger partial charge in [-0.25, -0.2) is 15.0 Å². The van der Waals surface area contributed by atoms with E-state index in [1.54, 1.807) is 49.4 Å². The summed E-state index contributed by atoms with van der Waals surface area (Å²) in [7, 11) is 1.53. The fourth-order valence-electron chi connectivity index (χ4n) is 3.17. The summed E-state index contributed by atoms with van der Waals surface area (Å²) in [4.78, 5) is 25.1. The number of hydrogen-bond acceptors (Lipinski definition) is 7. The average Bonchev–Trinajstić information content (AvgIpc) is 3.24. The summed E-state index contributed by atoms with van der Waals surface area (Å²) in [6, 6.07) is 12.3. The zero-order valence-electron chi connectivity index (χ0n) is 17.7. The van der Waals surface area contributed by atoms with Gasteiger partial charge in [0.2, 0.25) is 5.89 Å². The van der Waals surface area contributed by atoms with Crippen LogP contribution in [0.4, 0.5) is 0 Å². The van der Waals surface area contributed by atoms with Crippen molar-refractivity contribution in [2.45, 2.75) is 19.4 Å². The Balaban J connectivity index is 1.78. The molecule has 3 N–H and O–H groups in total. The smallest absolute Gasteiger partial charge is 0.268 e. The van der Waals surface area contributed by atoms with Crippen molar-refractivity contribution in [1.82, 2.24) is 15.0 Å². The van der Waals surface area contributed by atoms with Crippen LogP contribution in [0.15, 0.2) is 53.1 Å². The standard InChI is InChI=1S/C24H20N4O4/c1-14-13-26-23(32-14)24(2,30)11-10-15-6-4-7-16(12-15)22-27-19-17(20(28-22)21(25)29)8-5-9-18(19)31-3/h4-9,12-13,30H,1-3H3,(H2,25,29)/t24-/m0/s1. The van der Waals surface area contributed by atoms with Crippen LogP contribution in [0.25, 0.3) is 22.3 Å². The number of nitrogens with two attached hydrogens (primary N) is 1. The van der Waals surface area contributed by atoms with Gasteiger partial charge in [-0.05, 0) is 32.0 Å². The van der Waals surface area contributed by atoms with Gasteiger partial charge in [0.25, 0.3) is 5.91 Å². The van der Waals surface area contributed by atoms with E-state index in [0.29, 0.717) is 39.4 Å². The highest BCUT2D eigenvalue weighted by molar-refractivity contribution is 6.05. The van der Waals surface area contributed by atoms with E-state index in [-0.39, 0.29) is 11.6 Å². The number of hydrogen-bond donors (Lipinski definition) is 2. The number of carbonyl (C=O) groups excluding carboxylic acids is 1. The average molecular weight is 428 g/mol. The molecule has 1 atom stereocenters. The van der Waals surface area contributed by atoms with E-state index >= 15 is 0 Å². The summed E-state index contributed by atoms with van der Waals surface area (Å²) in [5.41, 5.74) is 5.82.